The lowest BCUT2D eigenvalue weighted by molar-refractivity contribution is 0.410. The summed E-state index contributed by atoms with van der Waals surface area (Å²) in [6.45, 7) is 2.27. The van der Waals surface area contributed by atoms with Crippen LogP contribution in [-0.4, -0.2) is 7.11 Å². The molecule has 1 rings (SSSR count). The van der Waals surface area contributed by atoms with E-state index >= 15 is 0 Å². The Balaban J connectivity index is 2.05. The summed E-state index contributed by atoms with van der Waals surface area (Å²) in [5, 5.41) is 0. The van der Waals surface area contributed by atoms with Crippen LogP contribution < -0.4 is 10.2 Å². The zero-order chi connectivity index (χ0) is 17.5. The van der Waals surface area contributed by atoms with Crippen LogP contribution in [0.1, 0.15) is 89.5 Å². The van der Waals surface area contributed by atoms with Gasteiger partial charge in [-0.1, -0.05) is 95.8 Å². The molecule has 0 bridgehead atoms. The van der Waals surface area contributed by atoms with E-state index in [-0.39, 0.29) is 5.43 Å². The van der Waals surface area contributed by atoms with E-state index in [2.05, 4.69) is 6.92 Å². The van der Waals surface area contributed by atoms with E-state index in [0.29, 0.717) is 5.75 Å². The summed E-state index contributed by atoms with van der Waals surface area (Å²) in [6.07, 6.45) is 17.0. The van der Waals surface area contributed by atoms with Gasteiger partial charge in [0.1, 0.15) is 0 Å². The third-order valence-corrected chi connectivity index (χ3v) is 4.69. The van der Waals surface area contributed by atoms with Crippen molar-refractivity contribution >= 4 is 0 Å². The minimum Gasteiger partial charge on any atom is -0.493 e. The Hall–Kier alpha value is -1.31. The van der Waals surface area contributed by atoms with Gasteiger partial charge in [0.05, 0.1) is 7.11 Å². The molecule has 0 saturated carbocycles. The van der Waals surface area contributed by atoms with Gasteiger partial charge in [0.15, 0.2) is 5.75 Å². The monoisotopic (exact) mass is 332 g/mol. The Bertz CT molecular complexity index is 482. The molecule has 0 aliphatic rings. The van der Waals surface area contributed by atoms with Crippen molar-refractivity contribution < 1.29 is 4.74 Å². The Labute approximate surface area is 148 Å². The van der Waals surface area contributed by atoms with Crippen molar-refractivity contribution in [3.8, 4) is 5.75 Å². The van der Waals surface area contributed by atoms with Gasteiger partial charge in [-0.3, -0.25) is 4.79 Å². The molecule has 0 heterocycles. The summed E-state index contributed by atoms with van der Waals surface area (Å²) < 4.78 is 5.15. The second-order valence-corrected chi connectivity index (χ2v) is 6.78. The molecule has 2 heteroatoms. The smallest absolute Gasteiger partial charge is 0.223 e. The maximum atomic E-state index is 12.2. The van der Waals surface area contributed by atoms with E-state index in [0.717, 1.165) is 18.4 Å². The van der Waals surface area contributed by atoms with Crippen LogP contribution in [0.5, 0.6) is 5.75 Å². The molecule has 0 N–H and O–H groups in total. The SMILES string of the molecule is CCCCCCCCCCCCCCc1ccccc(OC)c1=O. The van der Waals surface area contributed by atoms with Crippen molar-refractivity contribution in [1.82, 2.24) is 0 Å². The van der Waals surface area contributed by atoms with Crippen LogP contribution >= 0.6 is 0 Å². The molecule has 2 nitrogen and oxygen atoms in total. The van der Waals surface area contributed by atoms with Gasteiger partial charge in [0.25, 0.3) is 0 Å². The maximum Gasteiger partial charge on any atom is 0.223 e. The molecule has 1 aromatic carbocycles. The minimum atomic E-state index is 0.0468. The summed E-state index contributed by atoms with van der Waals surface area (Å²) in [5.41, 5.74) is 0.925. The Morgan fingerprint density at radius 3 is 1.79 bits per heavy atom. The summed E-state index contributed by atoms with van der Waals surface area (Å²) in [5.74, 6) is 0.453. The number of hydrogen-bond donors (Lipinski definition) is 0. The predicted molar refractivity (Wildman–Crippen MR) is 104 cm³/mol. The summed E-state index contributed by atoms with van der Waals surface area (Å²) in [7, 11) is 1.56. The molecule has 136 valence electrons. The molecule has 0 aromatic heterocycles. The Morgan fingerprint density at radius 2 is 1.25 bits per heavy atom. The molecule has 0 saturated heterocycles. The van der Waals surface area contributed by atoms with Crippen molar-refractivity contribution in [1.29, 1.82) is 0 Å². The topological polar surface area (TPSA) is 26.3 Å². The summed E-state index contributed by atoms with van der Waals surface area (Å²) in [6, 6.07) is 7.48. The third kappa shape index (κ3) is 9.10. The fourth-order valence-corrected chi connectivity index (χ4v) is 3.14. The normalized spacial score (nSPS) is 10.8. The van der Waals surface area contributed by atoms with E-state index in [1.165, 1.54) is 70.6 Å². The first-order valence-electron chi connectivity index (χ1n) is 9.95. The number of unbranched alkanes of at least 4 members (excludes halogenated alkanes) is 11. The molecule has 24 heavy (non-hydrogen) atoms. The molecule has 0 aliphatic heterocycles. The standard InChI is InChI=1S/C22H36O2/c1-3-4-5-6-7-8-9-10-11-12-13-14-17-20-18-15-16-19-21(24-2)22(20)23/h15-16,18-19H,3-14,17H2,1-2H3. The third-order valence-electron chi connectivity index (χ3n) is 4.69. The molecular weight excluding hydrogens is 296 g/mol. The fraction of sp³-hybridized carbons (Fsp3) is 0.682. The summed E-state index contributed by atoms with van der Waals surface area (Å²) in [4.78, 5) is 12.2. The molecule has 0 spiro atoms. The average molecular weight is 333 g/mol. The van der Waals surface area contributed by atoms with Gasteiger partial charge in [-0.05, 0) is 18.9 Å². The molecular formula is C22H36O2. The van der Waals surface area contributed by atoms with Crippen LogP contribution in [0.3, 0.4) is 0 Å². The van der Waals surface area contributed by atoms with Gasteiger partial charge in [-0.15, -0.1) is 0 Å². The lowest BCUT2D eigenvalue weighted by Gasteiger charge is -2.03. The first-order valence-corrected chi connectivity index (χ1v) is 9.95. The van der Waals surface area contributed by atoms with Gasteiger partial charge in [-0.2, -0.15) is 0 Å². The second kappa shape index (κ2) is 14.1. The van der Waals surface area contributed by atoms with E-state index < -0.39 is 0 Å². The highest BCUT2D eigenvalue weighted by atomic mass is 16.5. The molecule has 0 amide bonds. The van der Waals surface area contributed by atoms with Crippen LogP contribution in [0.2, 0.25) is 0 Å². The number of methoxy groups -OCH3 is 1. The van der Waals surface area contributed by atoms with Crippen LogP contribution in [0, 0.1) is 0 Å². The van der Waals surface area contributed by atoms with Gasteiger partial charge >= 0.3 is 0 Å². The van der Waals surface area contributed by atoms with Gasteiger partial charge < -0.3 is 4.74 Å². The quantitative estimate of drug-likeness (QED) is 0.374. The highest BCUT2D eigenvalue weighted by Gasteiger charge is 2.03. The highest BCUT2D eigenvalue weighted by Crippen LogP contribution is 2.13. The zero-order valence-electron chi connectivity index (χ0n) is 15.8. The van der Waals surface area contributed by atoms with Crippen LogP contribution in [0.15, 0.2) is 29.1 Å². The van der Waals surface area contributed by atoms with Crippen molar-refractivity contribution in [3.63, 3.8) is 0 Å². The van der Waals surface area contributed by atoms with Gasteiger partial charge in [0, 0.05) is 5.56 Å². The Morgan fingerprint density at radius 1 is 0.750 bits per heavy atom. The van der Waals surface area contributed by atoms with E-state index in [1.807, 2.05) is 18.2 Å². The van der Waals surface area contributed by atoms with Crippen molar-refractivity contribution in [2.24, 2.45) is 0 Å². The zero-order valence-corrected chi connectivity index (χ0v) is 15.8. The Kier molecular flexibility index (Phi) is 12.2. The van der Waals surface area contributed by atoms with E-state index in [9.17, 15) is 4.79 Å². The van der Waals surface area contributed by atoms with Crippen LogP contribution in [0.4, 0.5) is 0 Å². The van der Waals surface area contributed by atoms with Crippen molar-refractivity contribution in [2.45, 2.75) is 90.4 Å². The lowest BCUT2D eigenvalue weighted by atomic mass is 10.0. The minimum absolute atomic E-state index is 0.0468. The number of aryl methyl sites for hydroxylation is 1. The number of rotatable bonds is 14. The van der Waals surface area contributed by atoms with Crippen molar-refractivity contribution in [2.75, 3.05) is 7.11 Å². The second-order valence-electron chi connectivity index (χ2n) is 6.78. The predicted octanol–water partition coefficient (Wildman–Crippen LogP) is 6.30. The van der Waals surface area contributed by atoms with Crippen LogP contribution in [-0.2, 0) is 6.42 Å². The largest absolute Gasteiger partial charge is 0.493 e. The van der Waals surface area contributed by atoms with Gasteiger partial charge in [0.2, 0.25) is 5.43 Å². The van der Waals surface area contributed by atoms with E-state index in [4.69, 9.17) is 4.74 Å². The average Bonchev–Trinajstić information content (AvgIpc) is 2.77. The van der Waals surface area contributed by atoms with E-state index in [1.54, 1.807) is 13.2 Å². The number of ether oxygens (including phenoxy) is 1. The molecule has 0 atom stereocenters. The van der Waals surface area contributed by atoms with Gasteiger partial charge in [-0.25, -0.2) is 0 Å². The molecule has 0 unspecified atom stereocenters. The first kappa shape index (κ1) is 20.7. The maximum absolute atomic E-state index is 12.2. The number of hydrogen-bond acceptors (Lipinski definition) is 2. The first-order chi connectivity index (χ1) is 11.8. The molecule has 0 fully saturated rings. The van der Waals surface area contributed by atoms with Crippen LogP contribution in [0.25, 0.3) is 0 Å². The highest BCUT2D eigenvalue weighted by molar-refractivity contribution is 5.27. The van der Waals surface area contributed by atoms with Crippen molar-refractivity contribution in [3.05, 3.63) is 40.1 Å². The molecule has 0 aliphatic carbocycles. The summed E-state index contributed by atoms with van der Waals surface area (Å²) >= 11 is 0. The fourth-order valence-electron chi connectivity index (χ4n) is 3.14. The lowest BCUT2D eigenvalue weighted by Crippen LogP contribution is -2.08. The molecule has 1 aromatic rings. The molecule has 0 radical (unpaired) electrons.